The number of hydrogen-bond donors (Lipinski definition) is 2. The summed E-state index contributed by atoms with van der Waals surface area (Å²) in [6, 6.07) is 4.12. The molecule has 0 aromatic heterocycles. The van der Waals surface area contributed by atoms with E-state index in [-0.39, 0.29) is 35.7 Å². The van der Waals surface area contributed by atoms with Crippen LogP contribution < -0.4 is 15.5 Å². The lowest BCUT2D eigenvalue weighted by Gasteiger charge is -2.30. The molecule has 8 heteroatoms. The molecule has 1 atom stereocenters. The standard InChI is InChI=1S/C17H25F2N5.HI/c1-20-17(21-7-11-23-8-3-9-23)22-13-6-10-24(12-13)16-14(18)4-2-5-15(16)19;/h2,4-5,13H,3,6-12H2,1H3,(H2,20,21,22);1H. The fourth-order valence-corrected chi connectivity index (χ4v) is 3.20. The maximum absolute atomic E-state index is 13.9. The molecular formula is C17H26F2IN5. The van der Waals surface area contributed by atoms with Gasteiger partial charge in [0.15, 0.2) is 5.96 Å². The molecule has 0 amide bonds. The van der Waals surface area contributed by atoms with E-state index in [0.29, 0.717) is 13.1 Å². The Morgan fingerprint density at radius 1 is 1.24 bits per heavy atom. The predicted octanol–water partition coefficient (Wildman–Crippen LogP) is 2.03. The Bertz CT molecular complexity index is 574. The molecule has 0 radical (unpaired) electrons. The third kappa shape index (κ3) is 5.16. The fourth-order valence-electron chi connectivity index (χ4n) is 3.20. The van der Waals surface area contributed by atoms with E-state index in [9.17, 15) is 8.78 Å². The molecule has 5 nitrogen and oxygen atoms in total. The first kappa shape index (κ1) is 20.2. The third-order valence-electron chi connectivity index (χ3n) is 4.68. The van der Waals surface area contributed by atoms with Crippen LogP contribution in [-0.2, 0) is 0 Å². The average molecular weight is 465 g/mol. The van der Waals surface area contributed by atoms with Gasteiger partial charge in [0.25, 0.3) is 0 Å². The molecule has 0 spiro atoms. The van der Waals surface area contributed by atoms with Crippen LogP contribution in [0.4, 0.5) is 14.5 Å². The number of rotatable bonds is 5. The quantitative estimate of drug-likeness (QED) is 0.397. The van der Waals surface area contributed by atoms with Gasteiger partial charge in [-0.05, 0) is 38.1 Å². The molecule has 2 heterocycles. The zero-order valence-electron chi connectivity index (χ0n) is 14.5. The molecule has 2 aliphatic heterocycles. The van der Waals surface area contributed by atoms with Gasteiger partial charge < -0.3 is 20.4 Å². The van der Waals surface area contributed by atoms with Crippen molar-refractivity contribution in [3.05, 3.63) is 29.8 Å². The Morgan fingerprint density at radius 3 is 2.56 bits per heavy atom. The second-order valence-electron chi connectivity index (χ2n) is 6.34. The van der Waals surface area contributed by atoms with Crippen molar-refractivity contribution in [2.75, 3.05) is 51.2 Å². The smallest absolute Gasteiger partial charge is 0.191 e. The van der Waals surface area contributed by atoms with Crippen LogP contribution in [0.25, 0.3) is 0 Å². The first-order valence-corrected chi connectivity index (χ1v) is 8.56. The molecule has 0 bridgehead atoms. The Balaban J connectivity index is 0.00000225. The maximum Gasteiger partial charge on any atom is 0.191 e. The predicted molar refractivity (Wildman–Crippen MR) is 108 cm³/mol. The molecule has 140 valence electrons. The van der Waals surface area contributed by atoms with Gasteiger partial charge in [-0.2, -0.15) is 0 Å². The van der Waals surface area contributed by atoms with Crippen molar-refractivity contribution in [3.63, 3.8) is 0 Å². The number of likely N-dealkylation sites (tertiary alicyclic amines) is 1. The molecule has 2 aliphatic rings. The first-order chi connectivity index (χ1) is 11.7. The average Bonchev–Trinajstić information content (AvgIpc) is 2.96. The lowest BCUT2D eigenvalue weighted by Crippen LogP contribution is -2.48. The number of para-hydroxylation sites is 1. The highest BCUT2D eigenvalue weighted by atomic mass is 127. The van der Waals surface area contributed by atoms with Crippen molar-refractivity contribution in [1.29, 1.82) is 0 Å². The Labute approximate surface area is 164 Å². The second-order valence-corrected chi connectivity index (χ2v) is 6.34. The Morgan fingerprint density at radius 2 is 1.96 bits per heavy atom. The zero-order valence-corrected chi connectivity index (χ0v) is 16.8. The Kier molecular flexibility index (Phi) is 7.67. The van der Waals surface area contributed by atoms with E-state index in [1.165, 1.54) is 37.7 Å². The van der Waals surface area contributed by atoms with Crippen LogP contribution in [0.2, 0.25) is 0 Å². The van der Waals surface area contributed by atoms with Crippen LogP contribution in [-0.4, -0.2) is 63.2 Å². The molecular weight excluding hydrogens is 439 g/mol. The SMILES string of the molecule is CN=C(NCCN1CCC1)NC1CCN(c2c(F)cccc2F)C1.I. The van der Waals surface area contributed by atoms with Crippen molar-refractivity contribution in [3.8, 4) is 0 Å². The van der Waals surface area contributed by atoms with Gasteiger partial charge in [0, 0.05) is 39.3 Å². The summed E-state index contributed by atoms with van der Waals surface area (Å²) in [6.07, 6.45) is 2.11. The number of benzene rings is 1. The summed E-state index contributed by atoms with van der Waals surface area (Å²) in [5.41, 5.74) is 0.0718. The van der Waals surface area contributed by atoms with Gasteiger partial charge >= 0.3 is 0 Å². The van der Waals surface area contributed by atoms with E-state index < -0.39 is 11.6 Å². The van der Waals surface area contributed by atoms with E-state index >= 15 is 0 Å². The molecule has 2 fully saturated rings. The van der Waals surface area contributed by atoms with Crippen LogP contribution >= 0.6 is 24.0 Å². The molecule has 1 unspecified atom stereocenters. The number of hydrogen-bond acceptors (Lipinski definition) is 3. The van der Waals surface area contributed by atoms with Gasteiger partial charge in [0.2, 0.25) is 0 Å². The van der Waals surface area contributed by atoms with Crippen molar-refractivity contribution in [2.45, 2.75) is 18.9 Å². The highest BCUT2D eigenvalue weighted by molar-refractivity contribution is 14.0. The van der Waals surface area contributed by atoms with Gasteiger partial charge in [-0.25, -0.2) is 8.78 Å². The number of nitrogens with zero attached hydrogens (tertiary/aromatic N) is 3. The van der Waals surface area contributed by atoms with E-state index in [1.807, 2.05) is 0 Å². The largest absolute Gasteiger partial charge is 0.365 e. The van der Waals surface area contributed by atoms with Gasteiger partial charge in [0.1, 0.15) is 17.3 Å². The fraction of sp³-hybridized carbons (Fsp3) is 0.588. The van der Waals surface area contributed by atoms with Crippen molar-refractivity contribution < 1.29 is 8.78 Å². The minimum Gasteiger partial charge on any atom is -0.365 e. The van der Waals surface area contributed by atoms with Crippen molar-refractivity contribution in [2.24, 2.45) is 4.99 Å². The van der Waals surface area contributed by atoms with E-state index in [1.54, 1.807) is 11.9 Å². The molecule has 25 heavy (non-hydrogen) atoms. The minimum absolute atomic E-state index is 0. The van der Waals surface area contributed by atoms with E-state index in [2.05, 4.69) is 20.5 Å². The monoisotopic (exact) mass is 465 g/mol. The molecule has 0 saturated carbocycles. The van der Waals surface area contributed by atoms with Crippen molar-refractivity contribution >= 4 is 35.6 Å². The summed E-state index contributed by atoms with van der Waals surface area (Å²) in [7, 11) is 1.74. The van der Waals surface area contributed by atoms with E-state index in [4.69, 9.17) is 0 Å². The summed E-state index contributed by atoms with van der Waals surface area (Å²) in [4.78, 5) is 8.38. The Hall–Kier alpha value is -1.16. The van der Waals surface area contributed by atoms with Crippen LogP contribution in [0.3, 0.4) is 0 Å². The summed E-state index contributed by atoms with van der Waals surface area (Å²) < 4.78 is 27.8. The molecule has 1 aromatic carbocycles. The topological polar surface area (TPSA) is 42.9 Å². The highest BCUT2D eigenvalue weighted by Gasteiger charge is 2.27. The van der Waals surface area contributed by atoms with Crippen molar-refractivity contribution in [1.82, 2.24) is 15.5 Å². The minimum atomic E-state index is -0.507. The van der Waals surface area contributed by atoms with Gasteiger partial charge in [-0.1, -0.05) is 6.07 Å². The number of anilines is 1. The summed E-state index contributed by atoms with van der Waals surface area (Å²) >= 11 is 0. The second kappa shape index (κ2) is 9.51. The number of nitrogens with one attached hydrogen (secondary N) is 2. The van der Waals surface area contributed by atoms with Gasteiger partial charge in [0.05, 0.1) is 0 Å². The number of aliphatic imine (C=N–C) groups is 1. The zero-order chi connectivity index (χ0) is 16.9. The molecule has 3 rings (SSSR count). The van der Waals surface area contributed by atoms with Crippen LogP contribution in [0.15, 0.2) is 23.2 Å². The lowest BCUT2D eigenvalue weighted by molar-refractivity contribution is 0.185. The number of guanidine groups is 1. The highest BCUT2D eigenvalue weighted by Crippen LogP contribution is 2.26. The lowest BCUT2D eigenvalue weighted by atomic mass is 10.2. The van der Waals surface area contributed by atoms with E-state index in [0.717, 1.165) is 25.5 Å². The molecule has 1 aromatic rings. The van der Waals surface area contributed by atoms with Gasteiger partial charge in [-0.3, -0.25) is 4.99 Å². The third-order valence-corrected chi connectivity index (χ3v) is 4.68. The maximum atomic E-state index is 13.9. The molecule has 0 aliphatic carbocycles. The first-order valence-electron chi connectivity index (χ1n) is 8.56. The van der Waals surface area contributed by atoms with Crippen LogP contribution in [0, 0.1) is 11.6 Å². The summed E-state index contributed by atoms with van der Waals surface area (Å²) in [5, 5.41) is 6.65. The number of halogens is 3. The summed E-state index contributed by atoms with van der Waals surface area (Å²) in [6.45, 7) is 5.40. The summed E-state index contributed by atoms with van der Waals surface area (Å²) in [5.74, 6) is -0.267. The normalized spacial score (nSPS) is 20.8. The van der Waals surface area contributed by atoms with Gasteiger partial charge in [-0.15, -0.1) is 24.0 Å². The molecule has 2 saturated heterocycles. The molecule has 2 N–H and O–H groups in total. The van der Waals surface area contributed by atoms with Crippen LogP contribution in [0.1, 0.15) is 12.8 Å². The van der Waals surface area contributed by atoms with Crippen LogP contribution in [0.5, 0.6) is 0 Å².